The molecule has 1 aromatic heterocycles. The zero-order valence-electron chi connectivity index (χ0n) is 17.2. The minimum atomic E-state index is -0.824. The van der Waals surface area contributed by atoms with E-state index >= 15 is 0 Å². The zero-order valence-corrected chi connectivity index (χ0v) is 17.2. The normalized spacial score (nSPS) is 36.6. The molecule has 3 aliphatic rings. The fraction of sp³-hybridized carbons (Fsp3) is 0.652. The number of hydrogen-bond donors (Lipinski definition) is 1. The summed E-state index contributed by atoms with van der Waals surface area (Å²) >= 11 is 0. The number of ketones is 3. The van der Waals surface area contributed by atoms with E-state index in [0.29, 0.717) is 38.0 Å². The van der Waals surface area contributed by atoms with Gasteiger partial charge in [0, 0.05) is 42.4 Å². The highest BCUT2D eigenvalue weighted by molar-refractivity contribution is 5.99. The van der Waals surface area contributed by atoms with Crippen LogP contribution in [0.3, 0.4) is 0 Å². The Morgan fingerprint density at radius 1 is 1.17 bits per heavy atom. The van der Waals surface area contributed by atoms with E-state index in [-0.39, 0.29) is 53.9 Å². The lowest BCUT2D eigenvalue weighted by molar-refractivity contribution is -0.160. The summed E-state index contributed by atoms with van der Waals surface area (Å²) in [6.45, 7) is 4.12. The van der Waals surface area contributed by atoms with E-state index in [2.05, 4.69) is 5.32 Å². The summed E-state index contributed by atoms with van der Waals surface area (Å²) in [7, 11) is 0. The van der Waals surface area contributed by atoms with Crippen LogP contribution in [0, 0.1) is 28.6 Å². The summed E-state index contributed by atoms with van der Waals surface area (Å²) in [5, 5.41) is 2.82. The second-order valence-corrected chi connectivity index (χ2v) is 9.51. The molecule has 3 aliphatic carbocycles. The van der Waals surface area contributed by atoms with Gasteiger partial charge in [0.05, 0.1) is 12.8 Å². The van der Waals surface area contributed by atoms with Crippen LogP contribution in [0.25, 0.3) is 0 Å². The molecular formula is C23H29NO5. The van der Waals surface area contributed by atoms with Gasteiger partial charge >= 0.3 is 0 Å². The predicted octanol–water partition coefficient (Wildman–Crippen LogP) is 3.24. The maximum atomic E-state index is 13.2. The van der Waals surface area contributed by atoms with Gasteiger partial charge in [-0.1, -0.05) is 13.8 Å². The van der Waals surface area contributed by atoms with Crippen LogP contribution in [0.5, 0.6) is 0 Å². The molecule has 0 bridgehead atoms. The van der Waals surface area contributed by atoms with Gasteiger partial charge in [-0.2, -0.15) is 0 Å². The lowest BCUT2D eigenvalue weighted by Gasteiger charge is -2.52. The maximum absolute atomic E-state index is 13.2. The van der Waals surface area contributed by atoms with E-state index in [9.17, 15) is 19.2 Å². The van der Waals surface area contributed by atoms with Crippen molar-refractivity contribution in [2.45, 2.75) is 65.3 Å². The first-order chi connectivity index (χ1) is 13.8. The maximum Gasteiger partial charge on any atom is 0.220 e. The van der Waals surface area contributed by atoms with Crippen molar-refractivity contribution in [1.29, 1.82) is 0 Å². The molecule has 6 nitrogen and oxygen atoms in total. The lowest BCUT2D eigenvalue weighted by atomic mass is 9.48. The number of fused-ring (bicyclic) bond motifs is 3. The Morgan fingerprint density at radius 3 is 2.66 bits per heavy atom. The van der Waals surface area contributed by atoms with E-state index in [1.54, 1.807) is 18.4 Å². The van der Waals surface area contributed by atoms with Crippen LogP contribution in [-0.4, -0.2) is 23.3 Å². The minimum Gasteiger partial charge on any atom is -0.467 e. The Kier molecular flexibility index (Phi) is 4.99. The highest BCUT2D eigenvalue weighted by Crippen LogP contribution is 2.60. The molecule has 0 unspecified atom stereocenters. The largest absolute Gasteiger partial charge is 0.467 e. The molecular weight excluding hydrogens is 370 g/mol. The van der Waals surface area contributed by atoms with Crippen molar-refractivity contribution in [3.05, 3.63) is 24.2 Å². The molecule has 4 rings (SSSR count). The van der Waals surface area contributed by atoms with Gasteiger partial charge in [0.2, 0.25) is 5.91 Å². The molecule has 1 amide bonds. The van der Waals surface area contributed by atoms with Crippen LogP contribution >= 0.6 is 0 Å². The van der Waals surface area contributed by atoms with Crippen molar-refractivity contribution >= 4 is 23.3 Å². The SMILES string of the molecule is C[C@]1(CCC(=O)NCc2ccco2)C(=O)CC[C@@H]2[C@@H]1C(=O)C[C@]1(C)C(=O)CC[C@@H]21. The van der Waals surface area contributed by atoms with Crippen LogP contribution in [0.4, 0.5) is 0 Å². The summed E-state index contributed by atoms with van der Waals surface area (Å²) in [5.74, 6) is 0.720. The van der Waals surface area contributed by atoms with Gasteiger partial charge in [-0.05, 0) is 43.2 Å². The monoisotopic (exact) mass is 399 g/mol. The molecule has 5 atom stereocenters. The molecule has 3 fully saturated rings. The molecule has 0 aromatic carbocycles. The molecule has 6 heteroatoms. The number of Topliss-reactive ketones (excluding diaryl/α,β-unsaturated/α-hetero) is 3. The zero-order chi connectivity index (χ0) is 20.8. The minimum absolute atomic E-state index is 0.0375. The van der Waals surface area contributed by atoms with Crippen molar-refractivity contribution in [2.24, 2.45) is 28.6 Å². The summed E-state index contributed by atoms with van der Waals surface area (Å²) in [4.78, 5) is 51.0. The van der Waals surface area contributed by atoms with Crippen molar-refractivity contribution in [1.82, 2.24) is 5.32 Å². The Labute approximate surface area is 170 Å². The van der Waals surface area contributed by atoms with Crippen LogP contribution < -0.4 is 5.32 Å². The third-order valence-corrected chi connectivity index (χ3v) is 7.91. The number of nitrogens with one attached hydrogen (secondary N) is 1. The lowest BCUT2D eigenvalue weighted by Crippen LogP contribution is -2.56. The van der Waals surface area contributed by atoms with Gasteiger partial charge < -0.3 is 9.73 Å². The third-order valence-electron chi connectivity index (χ3n) is 7.91. The molecule has 1 heterocycles. The molecule has 1 aromatic rings. The topological polar surface area (TPSA) is 93.4 Å². The number of rotatable bonds is 5. The predicted molar refractivity (Wildman–Crippen MR) is 105 cm³/mol. The van der Waals surface area contributed by atoms with E-state index in [0.717, 1.165) is 6.42 Å². The highest BCUT2D eigenvalue weighted by Gasteiger charge is 2.62. The molecule has 0 saturated heterocycles. The number of hydrogen-bond acceptors (Lipinski definition) is 5. The van der Waals surface area contributed by atoms with Crippen molar-refractivity contribution in [3.8, 4) is 0 Å². The third kappa shape index (κ3) is 3.26. The molecule has 0 spiro atoms. The van der Waals surface area contributed by atoms with Crippen LogP contribution in [-0.2, 0) is 25.7 Å². The summed E-state index contributed by atoms with van der Waals surface area (Å²) in [5.41, 5.74) is -1.38. The van der Waals surface area contributed by atoms with E-state index in [4.69, 9.17) is 4.42 Å². The van der Waals surface area contributed by atoms with Gasteiger partial charge in [0.1, 0.15) is 23.1 Å². The highest BCUT2D eigenvalue weighted by atomic mass is 16.3. The first kappa shape index (κ1) is 20.0. The molecule has 0 aliphatic heterocycles. The van der Waals surface area contributed by atoms with Gasteiger partial charge in [-0.3, -0.25) is 19.2 Å². The second kappa shape index (κ2) is 7.22. The average molecular weight is 399 g/mol. The van der Waals surface area contributed by atoms with Gasteiger partial charge in [-0.15, -0.1) is 0 Å². The summed E-state index contributed by atoms with van der Waals surface area (Å²) < 4.78 is 5.22. The molecule has 3 saturated carbocycles. The Morgan fingerprint density at radius 2 is 1.93 bits per heavy atom. The van der Waals surface area contributed by atoms with Crippen molar-refractivity contribution < 1.29 is 23.6 Å². The smallest absolute Gasteiger partial charge is 0.220 e. The van der Waals surface area contributed by atoms with Crippen LogP contribution in [0.1, 0.15) is 64.6 Å². The number of amides is 1. The Hall–Kier alpha value is -2.24. The van der Waals surface area contributed by atoms with Gasteiger partial charge in [0.25, 0.3) is 0 Å². The molecule has 0 radical (unpaired) electrons. The number of carbonyl (C=O) groups is 4. The molecule has 29 heavy (non-hydrogen) atoms. The summed E-state index contributed by atoms with van der Waals surface area (Å²) in [6, 6.07) is 3.55. The van der Waals surface area contributed by atoms with Crippen LogP contribution in [0.15, 0.2) is 22.8 Å². The van der Waals surface area contributed by atoms with E-state index in [1.807, 2.05) is 13.8 Å². The summed E-state index contributed by atoms with van der Waals surface area (Å²) in [6.07, 6.45) is 4.82. The van der Waals surface area contributed by atoms with Crippen molar-refractivity contribution in [2.75, 3.05) is 0 Å². The van der Waals surface area contributed by atoms with Gasteiger partial charge in [-0.25, -0.2) is 0 Å². The fourth-order valence-corrected chi connectivity index (χ4v) is 6.26. The Bertz CT molecular complexity index is 843. The average Bonchev–Trinajstić information content (AvgIpc) is 3.29. The van der Waals surface area contributed by atoms with E-state index in [1.165, 1.54) is 0 Å². The second-order valence-electron chi connectivity index (χ2n) is 9.51. The van der Waals surface area contributed by atoms with E-state index < -0.39 is 10.8 Å². The standard InChI is InChI=1S/C23H29NO5/c1-22(10-9-20(28)24-13-14-4-3-11-29-14)18(26)7-5-15-16-6-8-19(27)23(16,2)12-17(25)21(15)22/h3-4,11,15-16,21H,5-10,12-13H2,1-2H3,(H,24,28)/t15-,16-,21+,22-,23-/m0/s1. The molecule has 1 N–H and O–H groups in total. The van der Waals surface area contributed by atoms with Crippen LogP contribution in [0.2, 0.25) is 0 Å². The Balaban J connectivity index is 1.48. The van der Waals surface area contributed by atoms with Crippen molar-refractivity contribution in [3.63, 3.8) is 0 Å². The number of carbonyl (C=O) groups excluding carboxylic acids is 4. The van der Waals surface area contributed by atoms with Gasteiger partial charge in [0.15, 0.2) is 0 Å². The molecule has 156 valence electrons. The quantitative estimate of drug-likeness (QED) is 0.820. The fourth-order valence-electron chi connectivity index (χ4n) is 6.26. The first-order valence-electron chi connectivity index (χ1n) is 10.6. The number of furan rings is 1. The first-order valence-corrected chi connectivity index (χ1v) is 10.6.